The van der Waals surface area contributed by atoms with Crippen molar-refractivity contribution in [3.8, 4) is 0 Å². The van der Waals surface area contributed by atoms with E-state index < -0.39 is 59.5 Å². The number of rotatable bonds is 6. The van der Waals surface area contributed by atoms with Crippen molar-refractivity contribution in [3.05, 3.63) is 83.7 Å². The summed E-state index contributed by atoms with van der Waals surface area (Å²) in [6.45, 7) is 0. The summed E-state index contributed by atoms with van der Waals surface area (Å²) in [5, 5.41) is 1.99. The molecule has 16 heteroatoms. The Morgan fingerprint density at radius 1 is 0.892 bits per heavy atom. The average Bonchev–Trinajstić information content (AvgIpc) is 3.33. The maximum Gasteiger partial charge on any atom is 0.491 e. The Morgan fingerprint density at radius 3 is 2.05 bits per heavy atom. The maximum absolute atomic E-state index is 13.7. The Hall–Kier alpha value is -4.11. The van der Waals surface area contributed by atoms with E-state index in [2.05, 4.69) is 14.7 Å². The Morgan fingerprint density at radius 2 is 1.54 bits per heavy atom. The van der Waals surface area contributed by atoms with Crippen LogP contribution in [0.3, 0.4) is 0 Å². The van der Waals surface area contributed by atoms with E-state index in [0.717, 1.165) is 43.1 Å². The van der Waals surface area contributed by atoms with Crippen molar-refractivity contribution in [2.24, 2.45) is 0 Å². The number of imidazole rings is 1. The zero-order valence-electron chi connectivity index (χ0n) is 17.9. The SMILES string of the molecule is O=C(NC(c1ccc(C(F)(F)F)cc1)c1ncccc1C(F)(F)F)[C@H](OC(=O)C(F)(F)F)n1ccnc1. The van der Waals surface area contributed by atoms with Crippen molar-refractivity contribution in [2.45, 2.75) is 30.8 Å². The van der Waals surface area contributed by atoms with Crippen LogP contribution in [0.2, 0.25) is 0 Å². The van der Waals surface area contributed by atoms with Gasteiger partial charge in [-0.25, -0.2) is 9.78 Å². The second kappa shape index (κ2) is 10.1. The van der Waals surface area contributed by atoms with Crippen LogP contribution >= 0.6 is 0 Å². The molecular weight excluding hydrogens is 527 g/mol. The van der Waals surface area contributed by atoms with E-state index in [1.807, 2.05) is 5.32 Å². The van der Waals surface area contributed by atoms with Crippen molar-refractivity contribution >= 4 is 11.9 Å². The number of nitrogens with zero attached hydrogens (tertiary/aromatic N) is 3. The Bertz CT molecular complexity index is 1240. The van der Waals surface area contributed by atoms with Crippen LogP contribution in [0.1, 0.15) is 34.7 Å². The number of alkyl halides is 9. The molecule has 0 bridgehead atoms. The zero-order chi connectivity index (χ0) is 27.6. The first kappa shape index (κ1) is 27.5. The van der Waals surface area contributed by atoms with Gasteiger partial charge in [0.1, 0.15) is 0 Å². The molecule has 0 aliphatic carbocycles. The normalized spacial score (nSPS) is 14.1. The van der Waals surface area contributed by atoms with Crippen LogP contribution in [0.4, 0.5) is 39.5 Å². The second-order valence-electron chi connectivity index (χ2n) is 7.26. The molecule has 2 heterocycles. The fraction of sp³-hybridized carbons (Fsp3) is 0.238. The lowest BCUT2D eigenvalue weighted by atomic mass is 9.97. The molecule has 7 nitrogen and oxygen atoms in total. The summed E-state index contributed by atoms with van der Waals surface area (Å²) in [6, 6.07) is 2.15. The number of amides is 1. The summed E-state index contributed by atoms with van der Waals surface area (Å²) in [6.07, 6.45) is -14.1. The average molecular weight is 540 g/mol. The van der Waals surface area contributed by atoms with E-state index >= 15 is 0 Å². The van der Waals surface area contributed by atoms with Crippen molar-refractivity contribution in [1.82, 2.24) is 19.9 Å². The lowest BCUT2D eigenvalue weighted by Gasteiger charge is -2.25. The third kappa shape index (κ3) is 6.56. The fourth-order valence-electron chi connectivity index (χ4n) is 3.10. The van der Waals surface area contributed by atoms with E-state index in [-0.39, 0.29) is 5.56 Å². The molecule has 1 N–H and O–H groups in total. The standard InChI is InChI=1S/C21H13F9N4O3/c22-19(23,24)12-5-3-11(4-6-12)14(15-13(20(25,26)27)2-1-7-32-15)33-16(35)17(34-9-8-31-10-34)37-18(36)21(28,29)30/h1-10,14,17H,(H,33,35)/t14?,17-/m0/s1. The van der Waals surface area contributed by atoms with Crippen molar-refractivity contribution < 1.29 is 53.8 Å². The van der Waals surface area contributed by atoms with Gasteiger partial charge >= 0.3 is 24.5 Å². The number of halogens is 9. The highest BCUT2D eigenvalue weighted by Crippen LogP contribution is 2.37. The summed E-state index contributed by atoms with van der Waals surface area (Å²) in [7, 11) is 0. The number of carbonyl (C=O) groups is 2. The summed E-state index contributed by atoms with van der Waals surface area (Å²) in [5.74, 6) is -4.35. The van der Waals surface area contributed by atoms with Crippen LogP contribution in [-0.4, -0.2) is 32.6 Å². The lowest BCUT2D eigenvalue weighted by molar-refractivity contribution is -0.209. The van der Waals surface area contributed by atoms with Gasteiger partial charge in [0.05, 0.1) is 29.2 Å². The van der Waals surface area contributed by atoms with Crippen molar-refractivity contribution in [1.29, 1.82) is 0 Å². The Kier molecular flexibility index (Phi) is 7.50. The quantitative estimate of drug-likeness (QED) is 0.358. The highest BCUT2D eigenvalue weighted by molar-refractivity contribution is 5.84. The molecule has 1 amide bonds. The highest BCUT2D eigenvalue weighted by Gasteiger charge is 2.44. The minimum absolute atomic E-state index is 0.336. The zero-order valence-corrected chi connectivity index (χ0v) is 17.9. The molecule has 0 radical (unpaired) electrons. The molecule has 2 atom stereocenters. The minimum atomic E-state index is -5.53. The van der Waals surface area contributed by atoms with Crippen molar-refractivity contribution in [3.63, 3.8) is 0 Å². The third-order valence-corrected chi connectivity index (χ3v) is 4.75. The number of carbonyl (C=O) groups excluding carboxylic acids is 2. The van der Waals surface area contributed by atoms with Gasteiger partial charge in [-0.05, 0) is 29.8 Å². The van der Waals surface area contributed by atoms with Crippen LogP contribution in [-0.2, 0) is 26.7 Å². The van der Waals surface area contributed by atoms with E-state index in [4.69, 9.17) is 0 Å². The van der Waals surface area contributed by atoms with Crippen LogP contribution in [0.5, 0.6) is 0 Å². The van der Waals surface area contributed by atoms with Gasteiger partial charge in [-0.2, -0.15) is 39.5 Å². The topological polar surface area (TPSA) is 86.1 Å². The second-order valence-corrected chi connectivity index (χ2v) is 7.26. The first-order valence-electron chi connectivity index (χ1n) is 9.84. The van der Waals surface area contributed by atoms with E-state index in [9.17, 15) is 49.1 Å². The molecule has 0 aliphatic rings. The Balaban J connectivity index is 2.08. The number of esters is 1. The van der Waals surface area contributed by atoms with Crippen LogP contribution < -0.4 is 5.32 Å². The molecule has 0 spiro atoms. The first-order valence-corrected chi connectivity index (χ1v) is 9.84. The van der Waals surface area contributed by atoms with Gasteiger partial charge in [-0.3, -0.25) is 14.3 Å². The van der Waals surface area contributed by atoms with Crippen LogP contribution in [0, 0.1) is 0 Å². The van der Waals surface area contributed by atoms with Crippen LogP contribution in [0.15, 0.2) is 61.3 Å². The molecular formula is C21H13F9N4O3. The van der Waals surface area contributed by atoms with Gasteiger partial charge in [0.2, 0.25) is 0 Å². The van der Waals surface area contributed by atoms with Gasteiger partial charge in [0.15, 0.2) is 0 Å². The molecule has 2 aromatic heterocycles. The third-order valence-electron chi connectivity index (χ3n) is 4.75. The van der Waals surface area contributed by atoms with Gasteiger partial charge in [0, 0.05) is 18.6 Å². The molecule has 0 saturated heterocycles. The fourth-order valence-corrected chi connectivity index (χ4v) is 3.10. The number of pyridine rings is 1. The van der Waals surface area contributed by atoms with Gasteiger partial charge in [-0.1, -0.05) is 12.1 Å². The maximum atomic E-state index is 13.7. The van der Waals surface area contributed by atoms with Crippen LogP contribution in [0.25, 0.3) is 0 Å². The molecule has 1 aromatic carbocycles. The predicted molar refractivity (Wildman–Crippen MR) is 104 cm³/mol. The number of nitrogens with one attached hydrogen (secondary N) is 1. The smallest absolute Gasteiger partial charge is 0.425 e. The summed E-state index contributed by atoms with van der Waals surface area (Å²) < 4.78 is 123. The molecule has 3 rings (SSSR count). The first-order chi connectivity index (χ1) is 17.1. The summed E-state index contributed by atoms with van der Waals surface area (Å²) in [5.41, 5.74) is -3.76. The van der Waals surface area contributed by atoms with Gasteiger partial charge < -0.3 is 10.1 Å². The summed E-state index contributed by atoms with van der Waals surface area (Å²) in [4.78, 5) is 31.5. The molecule has 1 unspecified atom stereocenters. The lowest BCUT2D eigenvalue weighted by Crippen LogP contribution is -2.40. The molecule has 198 valence electrons. The van der Waals surface area contributed by atoms with E-state index in [1.54, 1.807) is 0 Å². The van der Waals surface area contributed by atoms with Crippen molar-refractivity contribution in [2.75, 3.05) is 0 Å². The largest absolute Gasteiger partial charge is 0.491 e. The number of hydrogen-bond donors (Lipinski definition) is 1. The molecule has 37 heavy (non-hydrogen) atoms. The number of ether oxygens (including phenoxy) is 1. The number of benzene rings is 1. The molecule has 0 fully saturated rings. The van der Waals surface area contributed by atoms with Gasteiger partial charge in [0.25, 0.3) is 12.1 Å². The van der Waals surface area contributed by atoms with E-state index in [1.165, 1.54) is 0 Å². The minimum Gasteiger partial charge on any atom is -0.425 e. The molecule has 3 aromatic rings. The monoisotopic (exact) mass is 540 g/mol. The van der Waals surface area contributed by atoms with Gasteiger partial charge in [-0.15, -0.1) is 0 Å². The van der Waals surface area contributed by atoms with E-state index in [0.29, 0.717) is 22.8 Å². The predicted octanol–water partition coefficient (Wildman–Crippen LogP) is 4.83. The number of hydrogen-bond acceptors (Lipinski definition) is 5. The molecule has 0 saturated carbocycles. The highest BCUT2D eigenvalue weighted by atomic mass is 19.4. The summed E-state index contributed by atoms with van der Waals surface area (Å²) >= 11 is 0. The number of aromatic nitrogens is 3. The Labute approximate surface area is 200 Å². The molecule has 0 aliphatic heterocycles.